The van der Waals surface area contributed by atoms with Gasteiger partial charge in [-0.2, -0.15) is 4.98 Å². The molecular formula is C15H17N3O4. The van der Waals surface area contributed by atoms with Crippen LogP contribution in [0.2, 0.25) is 0 Å². The lowest BCUT2D eigenvalue weighted by Gasteiger charge is -2.18. The van der Waals surface area contributed by atoms with Crippen molar-refractivity contribution in [1.29, 1.82) is 0 Å². The molecule has 2 aromatic rings. The van der Waals surface area contributed by atoms with Gasteiger partial charge in [-0.1, -0.05) is 30.3 Å². The van der Waals surface area contributed by atoms with Crippen molar-refractivity contribution in [2.24, 2.45) is 0 Å². The van der Waals surface area contributed by atoms with Crippen LogP contribution in [0.1, 0.15) is 13.2 Å². The standard InChI is InChI=1S/C15H17N3O4/c1-8-11(19)12(20)14(22-8)18-7-10(13(16)17-15(18)21)9-5-3-2-4-6-9/h2-8,11-12,14,19-20H,1H3,(H2,16,17,21)/t8-,11-,12+,14-/m1/s1. The molecule has 1 aromatic heterocycles. The van der Waals surface area contributed by atoms with E-state index in [9.17, 15) is 15.0 Å². The third-order valence-electron chi connectivity index (χ3n) is 3.82. The number of anilines is 1. The number of hydrogen-bond acceptors (Lipinski definition) is 6. The van der Waals surface area contributed by atoms with Gasteiger partial charge in [-0.3, -0.25) is 4.57 Å². The molecule has 0 unspecified atom stereocenters. The SMILES string of the molecule is C[C@H]1O[C@@H](n2cc(-c3ccccc3)c(N)nc2=O)[C@@H](O)[C@@H]1O. The Balaban J connectivity index is 2.08. The summed E-state index contributed by atoms with van der Waals surface area (Å²) in [5.74, 6) is 0.105. The molecule has 7 nitrogen and oxygen atoms in total. The van der Waals surface area contributed by atoms with Gasteiger partial charge in [-0.15, -0.1) is 0 Å². The second-order valence-electron chi connectivity index (χ2n) is 5.31. The molecule has 4 N–H and O–H groups in total. The number of ether oxygens (including phenoxy) is 1. The molecule has 1 aliphatic heterocycles. The average Bonchev–Trinajstić information content (AvgIpc) is 2.76. The normalized spacial score (nSPS) is 28.0. The van der Waals surface area contributed by atoms with E-state index in [4.69, 9.17) is 10.5 Å². The van der Waals surface area contributed by atoms with E-state index < -0.39 is 30.2 Å². The topological polar surface area (TPSA) is 111 Å². The average molecular weight is 303 g/mol. The Labute approximate surface area is 126 Å². The van der Waals surface area contributed by atoms with Gasteiger partial charge in [0.05, 0.1) is 6.10 Å². The second-order valence-corrected chi connectivity index (χ2v) is 5.31. The van der Waals surface area contributed by atoms with E-state index in [1.807, 2.05) is 30.3 Å². The fourth-order valence-corrected chi connectivity index (χ4v) is 2.56. The predicted octanol–water partition coefficient (Wildman–Crippen LogP) is 0.132. The van der Waals surface area contributed by atoms with Gasteiger partial charge in [-0.05, 0) is 12.5 Å². The Morgan fingerprint density at radius 1 is 1.23 bits per heavy atom. The van der Waals surface area contributed by atoms with Gasteiger partial charge in [0, 0.05) is 11.8 Å². The summed E-state index contributed by atoms with van der Waals surface area (Å²) in [6, 6.07) is 9.23. The number of hydrogen-bond donors (Lipinski definition) is 3. The van der Waals surface area contributed by atoms with Crippen LogP contribution in [0.25, 0.3) is 11.1 Å². The Kier molecular flexibility index (Phi) is 3.69. The molecule has 1 fully saturated rings. The number of nitrogens with zero attached hydrogens (tertiary/aromatic N) is 2. The number of aliphatic hydroxyl groups is 2. The van der Waals surface area contributed by atoms with Gasteiger partial charge in [0.1, 0.15) is 18.0 Å². The van der Waals surface area contributed by atoms with Gasteiger partial charge < -0.3 is 20.7 Å². The van der Waals surface area contributed by atoms with Crippen LogP contribution in [-0.2, 0) is 4.74 Å². The van der Waals surface area contributed by atoms with E-state index in [0.717, 1.165) is 10.1 Å². The highest BCUT2D eigenvalue weighted by molar-refractivity contribution is 5.72. The van der Waals surface area contributed by atoms with E-state index in [-0.39, 0.29) is 5.82 Å². The number of aromatic nitrogens is 2. The summed E-state index contributed by atoms with van der Waals surface area (Å²) in [6.45, 7) is 1.63. The Bertz CT molecular complexity index is 731. The molecule has 1 aliphatic rings. The fraction of sp³-hybridized carbons (Fsp3) is 0.333. The number of aliphatic hydroxyl groups excluding tert-OH is 2. The second kappa shape index (κ2) is 5.53. The van der Waals surface area contributed by atoms with Gasteiger partial charge in [0.25, 0.3) is 0 Å². The van der Waals surface area contributed by atoms with Crippen molar-refractivity contribution >= 4 is 5.82 Å². The molecule has 0 radical (unpaired) electrons. The largest absolute Gasteiger partial charge is 0.388 e. The molecule has 0 aliphatic carbocycles. The molecule has 4 atom stereocenters. The van der Waals surface area contributed by atoms with Crippen LogP contribution in [0.4, 0.5) is 5.82 Å². The van der Waals surface area contributed by atoms with Crippen molar-refractivity contribution < 1.29 is 14.9 Å². The third-order valence-corrected chi connectivity index (χ3v) is 3.82. The van der Waals surface area contributed by atoms with Crippen LogP contribution in [0, 0.1) is 0 Å². The lowest BCUT2D eigenvalue weighted by Crippen LogP contribution is -2.35. The van der Waals surface area contributed by atoms with Crippen molar-refractivity contribution in [3.8, 4) is 11.1 Å². The summed E-state index contributed by atoms with van der Waals surface area (Å²) in [5, 5.41) is 19.8. The van der Waals surface area contributed by atoms with Crippen molar-refractivity contribution in [1.82, 2.24) is 9.55 Å². The first-order valence-corrected chi connectivity index (χ1v) is 6.94. The highest BCUT2D eigenvalue weighted by Crippen LogP contribution is 2.30. The maximum Gasteiger partial charge on any atom is 0.351 e. The predicted molar refractivity (Wildman–Crippen MR) is 79.9 cm³/mol. The van der Waals surface area contributed by atoms with Crippen molar-refractivity contribution in [2.75, 3.05) is 5.73 Å². The number of benzene rings is 1. The minimum absolute atomic E-state index is 0.105. The van der Waals surface area contributed by atoms with Crippen molar-refractivity contribution in [3.63, 3.8) is 0 Å². The Hall–Kier alpha value is -2.22. The molecular weight excluding hydrogens is 286 g/mol. The summed E-state index contributed by atoms with van der Waals surface area (Å²) < 4.78 is 6.63. The van der Waals surface area contributed by atoms with Gasteiger partial charge in [0.2, 0.25) is 0 Å². The molecule has 1 saturated heterocycles. The summed E-state index contributed by atoms with van der Waals surface area (Å²) in [6.07, 6.45) is -2.34. The summed E-state index contributed by atoms with van der Waals surface area (Å²) in [4.78, 5) is 15.9. The minimum Gasteiger partial charge on any atom is -0.388 e. The Morgan fingerprint density at radius 3 is 2.50 bits per heavy atom. The lowest BCUT2D eigenvalue weighted by atomic mass is 10.1. The molecule has 0 spiro atoms. The molecule has 0 saturated carbocycles. The van der Waals surface area contributed by atoms with Gasteiger partial charge in [-0.25, -0.2) is 4.79 Å². The van der Waals surface area contributed by atoms with Crippen LogP contribution in [0.15, 0.2) is 41.3 Å². The first-order chi connectivity index (χ1) is 10.5. The number of nitrogen functional groups attached to an aromatic ring is 1. The number of nitrogens with two attached hydrogens (primary N) is 1. The first-order valence-electron chi connectivity index (χ1n) is 6.94. The minimum atomic E-state index is -1.21. The quantitative estimate of drug-likeness (QED) is 0.727. The molecule has 2 heterocycles. The van der Waals surface area contributed by atoms with Gasteiger partial charge in [0.15, 0.2) is 6.23 Å². The van der Waals surface area contributed by atoms with Gasteiger partial charge >= 0.3 is 5.69 Å². The molecule has 22 heavy (non-hydrogen) atoms. The van der Waals surface area contributed by atoms with E-state index in [2.05, 4.69) is 4.98 Å². The highest BCUT2D eigenvalue weighted by Gasteiger charge is 2.41. The zero-order chi connectivity index (χ0) is 15.9. The van der Waals surface area contributed by atoms with Crippen molar-refractivity contribution in [3.05, 3.63) is 47.0 Å². The molecule has 1 aromatic carbocycles. The van der Waals surface area contributed by atoms with Crippen LogP contribution in [0.3, 0.4) is 0 Å². The summed E-state index contributed by atoms with van der Waals surface area (Å²) in [7, 11) is 0. The van der Waals surface area contributed by atoms with Crippen LogP contribution in [0.5, 0.6) is 0 Å². The van der Waals surface area contributed by atoms with E-state index >= 15 is 0 Å². The van der Waals surface area contributed by atoms with Crippen LogP contribution < -0.4 is 11.4 Å². The fourth-order valence-electron chi connectivity index (χ4n) is 2.56. The molecule has 3 rings (SSSR count). The van der Waals surface area contributed by atoms with Crippen LogP contribution in [-0.4, -0.2) is 38.1 Å². The zero-order valence-corrected chi connectivity index (χ0v) is 12.0. The lowest BCUT2D eigenvalue weighted by molar-refractivity contribution is -0.0349. The summed E-state index contributed by atoms with van der Waals surface area (Å²) in [5.41, 5.74) is 6.55. The molecule has 0 bridgehead atoms. The third kappa shape index (κ3) is 2.39. The first kappa shape index (κ1) is 14.7. The van der Waals surface area contributed by atoms with E-state index in [1.54, 1.807) is 6.92 Å². The van der Waals surface area contributed by atoms with Crippen molar-refractivity contribution in [2.45, 2.75) is 31.5 Å². The van der Waals surface area contributed by atoms with E-state index in [0.29, 0.717) is 5.56 Å². The maximum atomic E-state index is 12.1. The number of rotatable bonds is 2. The zero-order valence-electron chi connectivity index (χ0n) is 12.0. The van der Waals surface area contributed by atoms with Crippen LogP contribution >= 0.6 is 0 Å². The monoisotopic (exact) mass is 303 g/mol. The highest BCUT2D eigenvalue weighted by atomic mass is 16.6. The Morgan fingerprint density at radius 2 is 1.91 bits per heavy atom. The molecule has 116 valence electrons. The van der Waals surface area contributed by atoms with E-state index in [1.165, 1.54) is 6.20 Å². The molecule has 0 amide bonds. The maximum absolute atomic E-state index is 12.1. The smallest absolute Gasteiger partial charge is 0.351 e. The summed E-state index contributed by atoms with van der Waals surface area (Å²) >= 11 is 0. The molecule has 7 heteroatoms.